The molecule has 94 valence electrons. The third-order valence-corrected chi connectivity index (χ3v) is 3.84. The van der Waals surface area contributed by atoms with Gasteiger partial charge in [-0.15, -0.1) is 0 Å². The van der Waals surface area contributed by atoms with Crippen LogP contribution in [0.2, 0.25) is 0 Å². The number of rotatable bonds is 4. The van der Waals surface area contributed by atoms with E-state index < -0.39 is 18.0 Å². The van der Waals surface area contributed by atoms with Crippen molar-refractivity contribution in [3.8, 4) is 0 Å². The normalized spacial score (nSPS) is 16.3. The summed E-state index contributed by atoms with van der Waals surface area (Å²) >= 11 is 3.39. The quantitative estimate of drug-likeness (QED) is 0.898. The fraction of sp³-hybridized carbons (Fsp3) is 0.462. The van der Waals surface area contributed by atoms with Gasteiger partial charge >= 0.3 is 5.97 Å². The number of benzene rings is 1. The molecule has 4 heteroatoms. The molecule has 0 fully saturated rings. The number of hydrogen-bond donors (Lipinski definition) is 2. The van der Waals surface area contributed by atoms with Crippen LogP contribution in [0.5, 0.6) is 0 Å². The van der Waals surface area contributed by atoms with E-state index in [0.29, 0.717) is 0 Å². The Morgan fingerprint density at radius 1 is 1.35 bits per heavy atom. The Balaban J connectivity index is 2.96. The minimum atomic E-state index is -0.889. The Labute approximate surface area is 110 Å². The molecule has 0 aliphatic carbocycles. The van der Waals surface area contributed by atoms with E-state index in [0.717, 1.165) is 15.6 Å². The smallest absolute Gasteiger partial charge is 0.306 e. The Bertz CT molecular complexity index is 417. The van der Waals surface area contributed by atoms with E-state index in [2.05, 4.69) is 15.9 Å². The first-order chi connectivity index (χ1) is 7.84. The fourth-order valence-corrected chi connectivity index (χ4v) is 2.38. The van der Waals surface area contributed by atoms with Crippen LogP contribution in [-0.2, 0) is 4.79 Å². The molecule has 0 amide bonds. The minimum absolute atomic E-state index is 0.341. The van der Waals surface area contributed by atoms with Gasteiger partial charge < -0.3 is 10.2 Å². The maximum atomic E-state index is 10.9. The van der Waals surface area contributed by atoms with Gasteiger partial charge in [-0.1, -0.05) is 41.9 Å². The molecule has 2 N–H and O–H groups in total. The van der Waals surface area contributed by atoms with Crippen molar-refractivity contribution >= 4 is 21.9 Å². The molecule has 1 rings (SSSR count). The van der Waals surface area contributed by atoms with Crippen LogP contribution in [0, 0.1) is 18.8 Å². The van der Waals surface area contributed by atoms with Crippen molar-refractivity contribution in [3.05, 3.63) is 33.8 Å². The number of carboxylic acids is 1. The summed E-state index contributed by atoms with van der Waals surface area (Å²) in [6, 6.07) is 5.65. The number of hydrogen-bond acceptors (Lipinski definition) is 2. The molecular formula is C13H17BrO3. The first-order valence-corrected chi connectivity index (χ1v) is 6.30. The van der Waals surface area contributed by atoms with Gasteiger partial charge in [-0.2, -0.15) is 0 Å². The predicted octanol–water partition coefficient (Wildman–Crippen LogP) is 3.15. The van der Waals surface area contributed by atoms with E-state index in [-0.39, 0.29) is 5.92 Å². The second kappa shape index (κ2) is 5.65. The lowest BCUT2D eigenvalue weighted by Gasteiger charge is -2.23. The average Bonchev–Trinajstić information content (AvgIpc) is 2.26. The van der Waals surface area contributed by atoms with Crippen LogP contribution < -0.4 is 0 Å². The second-order valence-electron chi connectivity index (χ2n) is 4.46. The lowest BCUT2D eigenvalue weighted by Crippen LogP contribution is -2.24. The summed E-state index contributed by atoms with van der Waals surface area (Å²) in [6.45, 7) is 5.32. The SMILES string of the molecule is Cc1ccc(C(O)C(C)C(C)C(=O)O)c(Br)c1. The molecule has 0 aromatic heterocycles. The number of carbonyl (C=O) groups is 1. The van der Waals surface area contributed by atoms with Crippen LogP contribution in [0.3, 0.4) is 0 Å². The Morgan fingerprint density at radius 3 is 2.41 bits per heavy atom. The molecule has 1 aromatic carbocycles. The van der Waals surface area contributed by atoms with Crippen molar-refractivity contribution < 1.29 is 15.0 Å². The van der Waals surface area contributed by atoms with E-state index >= 15 is 0 Å². The van der Waals surface area contributed by atoms with Gasteiger partial charge in [0.1, 0.15) is 0 Å². The van der Waals surface area contributed by atoms with Crippen molar-refractivity contribution in [2.45, 2.75) is 26.9 Å². The average molecular weight is 301 g/mol. The van der Waals surface area contributed by atoms with Crippen LogP contribution >= 0.6 is 15.9 Å². The number of halogens is 1. The topological polar surface area (TPSA) is 57.5 Å². The van der Waals surface area contributed by atoms with Gasteiger partial charge in [0.25, 0.3) is 0 Å². The highest BCUT2D eigenvalue weighted by molar-refractivity contribution is 9.10. The van der Waals surface area contributed by atoms with Gasteiger partial charge in [0, 0.05) is 4.47 Å². The monoisotopic (exact) mass is 300 g/mol. The summed E-state index contributed by atoms with van der Waals surface area (Å²) in [5, 5.41) is 19.1. The van der Waals surface area contributed by atoms with Crippen molar-refractivity contribution in [1.29, 1.82) is 0 Å². The summed E-state index contributed by atoms with van der Waals surface area (Å²) in [7, 11) is 0. The van der Waals surface area contributed by atoms with Gasteiger partial charge in [0.15, 0.2) is 0 Å². The minimum Gasteiger partial charge on any atom is -0.481 e. The Kier molecular flexibility index (Phi) is 4.71. The first kappa shape index (κ1) is 14.2. The van der Waals surface area contributed by atoms with Gasteiger partial charge in [0.05, 0.1) is 12.0 Å². The summed E-state index contributed by atoms with van der Waals surface area (Å²) < 4.78 is 0.814. The fourth-order valence-electron chi connectivity index (χ4n) is 1.65. The summed E-state index contributed by atoms with van der Waals surface area (Å²) in [5.74, 6) is -1.82. The summed E-state index contributed by atoms with van der Waals surface area (Å²) in [5.41, 5.74) is 1.82. The second-order valence-corrected chi connectivity index (χ2v) is 5.31. The molecule has 0 radical (unpaired) electrons. The molecule has 0 spiro atoms. The van der Waals surface area contributed by atoms with Gasteiger partial charge in [-0.05, 0) is 30.0 Å². The zero-order chi connectivity index (χ0) is 13.2. The molecule has 3 nitrogen and oxygen atoms in total. The number of aliphatic hydroxyl groups is 1. The number of aryl methyl sites for hydroxylation is 1. The molecule has 3 unspecified atom stereocenters. The molecule has 0 saturated heterocycles. The van der Waals surface area contributed by atoms with E-state index in [4.69, 9.17) is 5.11 Å². The number of carboxylic acid groups (broad SMARTS) is 1. The number of aliphatic hydroxyl groups excluding tert-OH is 1. The van der Waals surface area contributed by atoms with E-state index in [1.54, 1.807) is 13.8 Å². The van der Waals surface area contributed by atoms with Crippen LogP contribution in [0.4, 0.5) is 0 Å². The van der Waals surface area contributed by atoms with Crippen molar-refractivity contribution in [2.75, 3.05) is 0 Å². The van der Waals surface area contributed by atoms with Crippen molar-refractivity contribution in [2.24, 2.45) is 11.8 Å². The molecule has 0 heterocycles. The highest BCUT2D eigenvalue weighted by Gasteiger charge is 2.28. The largest absolute Gasteiger partial charge is 0.481 e. The molecule has 0 saturated carbocycles. The van der Waals surface area contributed by atoms with Crippen molar-refractivity contribution in [3.63, 3.8) is 0 Å². The molecule has 0 aliphatic rings. The van der Waals surface area contributed by atoms with Crippen molar-refractivity contribution in [1.82, 2.24) is 0 Å². The zero-order valence-electron chi connectivity index (χ0n) is 10.1. The molecular weight excluding hydrogens is 284 g/mol. The van der Waals surface area contributed by atoms with Crippen LogP contribution in [0.25, 0.3) is 0 Å². The van der Waals surface area contributed by atoms with Gasteiger partial charge in [-0.25, -0.2) is 0 Å². The third-order valence-electron chi connectivity index (χ3n) is 3.15. The lowest BCUT2D eigenvalue weighted by atomic mass is 9.87. The molecule has 3 atom stereocenters. The third kappa shape index (κ3) is 3.30. The molecule has 0 aliphatic heterocycles. The zero-order valence-corrected chi connectivity index (χ0v) is 11.7. The molecule has 0 bridgehead atoms. The van der Waals surface area contributed by atoms with Gasteiger partial charge in [0.2, 0.25) is 0 Å². The highest BCUT2D eigenvalue weighted by atomic mass is 79.9. The summed E-state index contributed by atoms with van der Waals surface area (Å²) in [4.78, 5) is 10.9. The van der Waals surface area contributed by atoms with Gasteiger partial charge in [-0.3, -0.25) is 4.79 Å². The van der Waals surface area contributed by atoms with Crippen LogP contribution in [0.15, 0.2) is 22.7 Å². The highest BCUT2D eigenvalue weighted by Crippen LogP contribution is 2.32. The van der Waals surface area contributed by atoms with E-state index in [1.807, 2.05) is 25.1 Å². The maximum absolute atomic E-state index is 10.9. The predicted molar refractivity (Wildman–Crippen MR) is 69.8 cm³/mol. The summed E-state index contributed by atoms with van der Waals surface area (Å²) in [6.07, 6.45) is -0.781. The Morgan fingerprint density at radius 2 is 1.94 bits per heavy atom. The van der Waals surface area contributed by atoms with E-state index in [9.17, 15) is 9.90 Å². The maximum Gasteiger partial charge on any atom is 0.306 e. The Hall–Kier alpha value is -0.870. The number of aliphatic carboxylic acids is 1. The molecule has 17 heavy (non-hydrogen) atoms. The molecule has 1 aromatic rings. The van der Waals surface area contributed by atoms with Crippen LogP contribution in [-0.4, -0.2) is 16.2 Å². The first-order valence-electron chi connectivity index (χ1n) is 5.51. The van der Waals surface area contributed by atoms with Crippen LogP contribution in [0.1, 0.15) is 31.1 Å². The lowest BCUT2D eigenvalue weighted by molar-refractivity contribution is -0.144. The van der Waals surface area contributed by atoms with E-state index in [1.165, 1.54) is 0 Å². The standard InChI is InChI=1S/C13H17BrO3/c1-7-4-5-10(11(14)6-7)12(15)8(2)9(3)13(16)17/h4-6,8-9,12,15H,1-3H3,(H,16,17).